The van der Waals surface area contributed by atoms with Gasteiger partial charge in [0.05, 0.1) is 10.9 Å². The number of rotatable bonds is 5. The Bertz CT molecular complexity index is 324. The Hall–Kier alpha value is -0.420. The molecule has 0 N–H and O–H groups in total. The van der Waals surface area contributed by atoms with Gasteiger partial charge in [0.1, 0.15) is 0 Å². The van der Waals surface area contributed by atoms with Gasteiger partial charge in [-0.15, -0.1) is 10.2 Å². The number of halogens is 1. The van der Waals surface area contributed by atoms with Crippen LogP contribution in [0.5, 0.6) is 0 Å². The summed E-state index contributed by atoms with van der Waals surface area (Å²) in [6, 6.07) is 0. The van der Waals surface area contributed by atoms with Crippen molar-refractivity contribution >= 4 is 15.9 Å². The molecule has 0 bridgehead atoms. The molecule has 16 heavy (non-hydrogen) atoms. The Kier molecular flexibility index (Phi) is 4.35. The first-order valence-corrected chi connectivity index (χ1v) is 6.79. The number of alkyl halides is 1. The fourth-order valence-electron chi connectivity index (χ4n) is 1.83. The monoisotopic (exact) mass is 288 g/mol. The Labute approximate surface area is 104 Å². The summed E-state index contributed by atoms with van der Waals surface area (Å²) < 4.78 is 11.1. The molecule has 1 fully saturated rings. The van der Waals surface area contributed by atoms with Crippen LogP contribution in [0, 0.1) is 0 Å². The van der Waals surface area contributed by atoms with Crippen LogP contribution < -0.4 is 0 Å². The highest BCUT2D eigenvalue weighted by molar-refractivity contribution is 9.09. The van der Waals surface area contributed by atoms with Crippen LogP contribution in [0.3, 0.4) is 0 Å². The van der Waals surface area contributed by atoms with Crippen molar-refractivity contribution in [2.24, 2.45) is 0 Å². The molecule has 1 saturated heterocycles. The van der Waals surface area contributed by atoms with E-state index in [1.54, 1.807) is 0 Å². The highest BCUT2D eigenvalue weighted by Crippen LogP contribution is 2.25. The zero-order valence-corrected chi connectivity index (χ0v) is 11.1. The molecular weight excluding hydrogens is 272 g/mol. The second-order valence-corrected chi connectivity index (χ2v) is 5.19. The van der Waals surface area contributed by atoms with E-state index < -0.39 is 0 Å². The van der Waals surface area contributed by atoms with Gasteiger partial charge in [-0.3, -0.25) is 0 Å². The fourth-order valence-corrected chi connectivity index (χ4v) is 2.01. The molecule has 1 aliphatic rings. The van der Waals surface area contributed by atoms with Crippen LogP contribution in [0.25, 0.3) is 0 Å². The topological polar surface area (TPSA) is 48.2 Å². The lowest BCUT2D eigenvalue weighted by molar-refractivity contribution is 0.103. The summed E-state index contributed by atoms with van der Waals surface area (Å²) in [5.74, 6) is 1.41. The quantitative estimate of drug-likeness (QED) is 0.782. The molecule has 4 nitrogen and oxygen atoms in total. The summed E-state index contributed by atoms with van der Waals surface area (Å²) in [5, 5.41) is 8.07. The summed E-state index contributed by atoms with van der Waals surface area (Å²) in [4.78, 5) is 0.177. The lowest BCUT2D eigenvalue weighted by Crippen LogP contribution is -2.06. The van der Waals surface area contributed by atoms with E-state index >= 15 is 0 Å². The Balaban J connectivity index is 1.82. The molecule has 2 heterocycles. The number of hydrogen-bond donors (Lipinski definition) is 0. The first-order valence-electron chi connectivity index (χ1n) is 5.87. The van der Waals surface area contributed by atoms with Gasteiger partial charge in [-0.2, -0.15) is 0 Å². The predicted octanol–water partition coefficient (Wildman–Crippen LogP) is 3.03. The van der Waals surface area contributed by atoms with Crippen LogP contribution in [-0.4, -0.2) is 22.9 Å². The zero-order chi connectivity index (χ0) is 11.4. The van der Waals surface area contributed by atoms with Crippen molar-refractivity contribution in [3.8, 4) is 0 Å². The van der Waals surface area contributed by atoms with Gasteiger partial charge in [-0.25, -0.2) is 0 Å². The molecule has 5 heteroatoms. The highest BCUT2D eigenvalue weighted by Gasteiger charge is 2.18. The van der Waals surface area contributed by atoms with Gasteiger partial charge in [0.2, 0.25) is 11.8 Å². The maximum Gasteiger partial charge on any atom is 0.230 e. The van der Waals surface area contributed by atoms with Crippen LogP contribution >= 0.6 is 15.9 Å². The Morgan fingerprint density at radius 2 is 2.38 bits per heavy atom. The summed E-state index contributed by atoms with van der Waals surface area (Å²) in [6.07, 6.45) is 5.49. The number of ether oxygens (including phenoxy) is 1. The lowest BCUT2D eigenvalue weighted by atomic mass is 10.1. The minimum atomic E-state index is 0.177. The summed E-state index contributed by atoms with van der Waals surface area (Å²) in [5.41, 5.74) is 0. The molecule has 0 aliphatic carbocycles. The van der Waals surface area contributed by atoms with Gasteiger partial charge < -0.3 is 9.15 Å². The third-order valence-corrected chi connectivity index (χ3v) is 3.85. The van der Waals surface area contributed by atoms with Crippen molar-refractivity contribution in [1.29, 1.82) is 0 Å². The molecule has 90 valence electrons. The molecule has 2 atom stereocenters. The SMILES string of the molecule is CCC(Br)c1nnc(CCC2CCCO2)o1. The molecule has 0 saturated carbocycles. The van der Waals surface area contributed by atoms with Crippen LogP contribution in [0.4, 0.5) is 0 Å². The van der Waals surface area contributed by atoms with Crippen molar-refractivity contribution in [1.82, 2.24) is 10.2 Å². The maximum absolute atomic E-state index is 5.57. The molecule has 2 rings (SSSR count). The van der Waals surface area contributed by atoms with E-state index in [9.17, 15) is 0 Å². The lowest BCUT2D eigenvalue weighted by Gasteiger charge is -2.05. The molecule has 0 spiro atoms. The van der Waals surface area contributed by atoms with Crippen molar-refractivity contribution < 1.29 is 9.15 Å². The van der Waals surface area contributed by atoms with E-state index in [4.69, 9.17) is 9.15 Å². The fraction of sp³-hybridized carbons (Fsp3) is 0.818. The summed E-state index contributed by atoms with van der Waals surface area (Å²) in [6.45, 7) is 2.98. The van der Waals surface area contributed by atoms with Crippen molar-refractivity contribution in [3.63, 3.8) is 0 Å². The smallest absolute Gasteiger partial charge is 0.230 e. The molecule has 2 unspecified atom stereocenters. The number of hydrogen-bond acceptors (Lipinski definition) is 4. The maximum atomic E-state index is 5.57. The molecule has 1 aromatic rings. The average Bonchev–Trinajstić information content (AvgIpc) is 2.96. The Morgan fingerprint density at radius 3 is 3.06 bits per heavy atom. The predicted molar refractivity (Wildman–Crippen MR) is 63.6 cm³/mol. The van der Waals surface area contributed by atoms with Crippen molar-refractivity contribution in [2.45, 2.75) is 50.0 Å². The van der Waals surface area contributed by atoms with Gasteiger partial charge in [0, 0.05) is 13.0 Å². The first kappa shape index (κ1) is 12.0. The molecule has 0 aromatic carbocycles. The molecular formula is C11H17BrN2O2. The van der Waals surface area contributed by atoms with Crippen molar-refractivity contribution in [2.75, 3.05) is 6.61 Å². The second kappa shape index (κ2) is 5.77. The van der Waals surface area contributed by atoms with Crippen LogP contribution in [0.1, 0.15) is 49.2 Å². The Morgan fingerprint density at radius 1 is 1.50 bits per heavy atom. The number of aryl methyl sites for hydroxylation is 1. The molecule has 1 aromatic heterocycles. The third-order valence-electron chi connectivity index (χ3n) is 2.81. The van der Waals surface area contributed by atoms with E-state index in [1.807, 2.05) is 0 Å². The van der Waals surface area contributed by atoms with E-state index in [2.05, 4.69) is 33.1 Å². The van der Waals surface area contributed by atoms with E-state index in [0.29, 0.717) is 12.0 Å². The van der Waals surface area contributed by atoms with Gasteiger partial charge in [-0.1, -0.05) is 22.9 Å². The van der Waals surface area contributed by atoms with Gasteiger partial charge in [0.25, 0.3) is 0 Å². The second-order valence-electron chi connectivity index (χ2n) is 4.08. The third kappa shape index (κ3) is 3.04. The number of nitrogens with zero attached hydrogens (tertiary/aromatic N) is 2. The van der Waals surface area contributed by atoms with E-state index in [-0.39, 0.29) is 4.83 Å². The minimum absolute atomic E-state index is 0.177. The average molecular weight is 289 g/mol. The molecule has 0 radical (unpaired) electrons. The van der Waals surface area contributed by atoms with Crippen LogP contribution in [0.15, 0.2) is 4.42 Å². The number of aromatic nitrogens is 2. The molecule has 0 amide bonds. The largest absolute Gasteiger partial charge is 0.424 e. The van der Waals surface area contributed by atoms with Gasteiger partial charge in [0.15, 0.2) is 0 Å². The highest BCUT2D eigenvalue weighted by atomic mass is 79.9. The molecule has 1 aliphatic heterocycles. The first-order chi connectivity index (χ1) is 7.79. The van der Waals surface area contributed by atoms with Gasteiger partial charge >= 0.3 is 0 Å². The summed E-state index contributed by atoms with van der Waals surface area (Å²) in [7, 11) is 0. The minimum Gasteiger partial charge on any atom is -0.424 e. The van der Waals surface area contributed by atoms with Gasteiger partial charge in [-0.05, 0) is 25.7 Å². The van der Waals surface area contributed by atoms with Crippen molar-refractivity contribution in [3.05, 3.63) is 11.8 Å². The van der Waals surface area contributed by atoms with E-state index in [1.165, 1.54) is 6.42 Å². The summed E-state index contributed by atoms with van der Waals surface area (Å²) >= 11 is 3.49. The normalized spacial score (nSPS) is 22.5. The zero-order valence-electron chi connectivity index (χ0n) is 9.49. The van der Waals surface area contributed by atoms with Crippen LogP contribution in [-0.2, 0) is 11.2 Å². The van der Waals surface area contributed by atoms with E-state index in [0.717, 1.165) is 38.2 Å². The van der Waals surface area contributed by atoms with Crippen LogP contribution in [0.2, 0.25) is 0 Å². The standard InChI is InChI=1S/C11H17BrN2O2/c1-2-9(12)11-14-13-10(16-11)6-5-8-4-3-7-15-8/h8-9H,2-7H2,1H3.